The Morgan fingerprint density at radius 2 is 2.10 bits per heavy atom. The molecule has 0 radical (unpaired) electrons. The highest BCUT2D eigenvalue weighted by molar-refractivity contribution is 8.01. The first-order valence-electron chi connectivity index (χ1n) is 6.68. The van der Waals surface area contributed by atoms with Crippen LogP contribution in [0, 0.1) is 6.92 Å². The maximum atomic E-state index is 4.42. The van der Waals surface area contributed by atoms with Crippen LogP contribution in [0.1, 0.15) is 43.7 Å². The molecule has 108 valence electrons. The molecule has 7 heteroatoms. The fraction of sp³-hybridized carbons (Fsp3) is 0.538. The van der Waals surface area contributed by atoms with Gasteiger partial charge in [0, 0.05) is 12.1 Å². The molecule has 2 aromatic heterocycles. The SMILES string of the molecule is CCCNc1ncnc(Sc2nnc(C)s2)c1C(C)C. The maximum absolute atomic E-state index is 4.42. The van der Waals surface area contributed by atoms with E-state index in [9.17, 15) is 0 Å². The van der Waals surface area contributed by atoms with E-state index in [0.717, 1.165) is 38.7 Å². The van der Waals surface area contributed by atoms with Crippen molar-refractivity contribution < 1.29 is 0 Å². The molecule has 2 heterocycles. The molecule has 0 fully saturated rings. The van der Waals surface area contributed by atoms with E-state index in [0.29, 0.717) is 5.92 Å². The molecule has 0 aliphatic rings. The third-order valence-electron chi connectivity index (χ3n) is 2.66. The van der Waals surface area contributed by atoms with Crippen LogP contribution in [0.5, 0.6) is 0 Å². The van der Waals surface area contributed by atoms with Crippen molar-refractivity contribution in [2.24, 2.45) is 0 Å². The first kappa shape index (κ1) is 15.2. The number of hydrogen-bond acceptors (Lipinski definition) is 7. The van der Waals surface area contributed by atoms with Gasteiger partial charge in [-0.3, -0.25) is 0 Å². The molecular weight excluding hydrogens is 290 g/mol. The molecular formula is C13H19N5S2. The Morgan fingerprint density at radius 1 is 1.30 bits per heavy atom. The average molecular weight is 309 g/mol. The Labute approximate surface area is 127 Å². The Balaban J connectivity index is 2.31. The second-order valence-corrected chi connectivity index (χ2v) is 7.13. The van der Waals surface area contributed by atoms with E-state index in [2.05, 4.69) is 46.3 Å². The molecule has 0 atom stereocenters. The number of aromatic nitrogens is 4. The Hall–Kier alpha value is -1.21. The molecule has 1 N–H and O–H groups in total. The fourth-order valence-electron chi connectivity index (χ4n) is 1.77. The van der Waals surface area contributed by atoms with Gasteiger partial charge in [-0.05, 0) is 31.0 Å². The Kier molecular flexibility index (Phi) is 5.31. The van der Waals surface area contributed by atoms with Gasteiger partial charge in [0.15, 0.2) is 4.34 Å². The summed E-state index contributed by atoms with van der Waals surface area (Å²) in [5.41, 5.74) is 1.15. The molecule has 0 bridgehead atoms. The number of hydrogen-bond donors (Lipinski definition) is 1. The van der Waals surface area contributed by atoms with Gasteiger partial charge in [0.2, 0.25) is 0 Å². The molecule has 0 aliphatic carbocycles. The van der Waals surface area contributed by atoms with Crippen molar-refractivity contribution in [3.05, 3.63) is 16.9 Å². The van der Waals surface area contributed by atoms with Crippen LogP contribution in [0.2, 0.25) is 0 Å². The summed E-state index contributed by atoms with van der Waals surface area (Å²) in [6.07, 6.45) is 2.68. The molecule has 0 saturated heterocycles. The lowest BCUT2D eigenvalue weighted by molar-refractivity contribution is 0.799. The largest absolute Gasteiger partial charge is 0.370 e. The van der Waals surface area contributed by atoms with Crippen molar-refractivity contribution >= 4 is 28.9 Å². The molecule has 0 saturated carbocycles. The van der Waals surface area contributed by atoms with Gasteiger partial charge in [0.25, 0.3) is 0 Å². The number of aryl methyl sites for hydroxylation is 1. The van der Waals surface area contributed by atoms with Gasteiger partial charge >= 0.3 is 0 Å². The van der Waals surface area contributed by atoms with E-state index < -0.39 is 0 Å². The average Bonchev–Trinajstić information content (AvgIpc) is 2.81. The summed E-state index contributed by atoms with van der Waals surface area (Å²) >= 11 is 3.15. The van der Waals surface area contributed by atoms with E-state index in [1.165, 1.54) is 0 Å². The molecule has 0 aromatic carbocycles. The summed E-state index contributed by atoms with van der Waals surface area (Å²) in [6, 6.07) is 0. The molecule has 2 aromatic rings. The number of anilines is 1. The summed E-state index contributed by atoms with van der Waals surface area (Å²) in [5.74, 6) is 1.28. The van der Waals surface area contributed by atoms with Crippen LogP contribution in [0.15, 0.2) is 15.7 Å². The zero-order valence-electron chi connectivity index (χ0n) is 12.2. The maximum Gasteiger partial charge on any atom is 0.180 e. The van der Waals surface area contributed by atoms with Crippen LogP contribution in [0.4, 0.5) is 5.82 Å². The van der Waals surface area contributed by atoms with Crippen LogP contribution in [0.25, 0.3) is 0 Å². The lowest BCUT2D eigenvalue weighted by atomic mass is 10.1. The normalized spacial score (nSPS) is 11.1. The predicted octanol–water partition coefficient (Wildman–Crippen LogP) is 3.73. The van der Waals surface area contributed by atoms with E-state index in [1.807, 2.05) is 6.92 Å². The molecule has 0 aliphatic heterocycles. The van der Waals surface area contributed by atoms with Crippen LogP contribution in [-0.2, 0) is 0 Å². The van der Waals surface area contributed by atoms with Crippen molar-refractivity contribution in [3.63, 3.8) is 0 Å². The van der Waals surface area contributed by atoms with Gasteiger partial charge in [0.1, 0.15) is 22.2 Å². The minimum atomic E-state index is 0.354. The summed E-state index contributed by atoms with van der Waals surface area (Å²) in [6.45, 7) is 9.33. The topological polar surface area (TPSA) is 63.6 Å². The summed E-state index contributed by atoms with van der Waals surface area (Å²) in [4.78, 5) is 8.80. The summed E-state index contributed by atoms with van der Waals surface area (Å²) in [7, 11) is 0. The van der Waals surface area contributed by atoms with Crippen molar-refractivity contribution in [2.75, 3.05) is 11.9 Å². The minimum Gasteiger partial charge on any atom is -0.370 e. The van der Waals surface area contributed by atoms with Gasteiger partial charge in [-0.2, -0.15) is 0 Å². The molecule has 20 heavy (non-hydrogen) atoms. The van der Waals surface area contributed by atoms with Gasteiger partial charge < -0.3 is 5.32 Å². The minimum absolute atomic E-state index is 0.354. The number of nitrogens with zero attached hydrogens (tertiary/aromatic N) is 4. The van der Waals surface area contributed by atoms with Crippen LogP contribution in [-0.4, -0.2) is 26.7 Å². The van der Waals surface area contributed by atoms with Gasteiger partial charge in [-0.1, -0.05) is 32.1 Å². The quantitative estimate of drug-likeness (QED) is 0.820. The monoisotopic (exact) mass is 309 g/mol. The molecule has 2 rings (SSSR count). The third-order valence-corrected chi connectivity index (χ3v) is 4.57. The predicted molar refractivity (Wildman–Crippen MR) is 83.7 cm³/mol. The number of rotatable bonds is 6. The molecule has 5 nitrogen and oxygen atoms in total. The lowest BCUT2D eigenvalue weighted by Gasteiger charge is -2.15. The van der Waals surface area contributed by atoms with Crippen LogP contribution >= 0.6 is 23.1 Å². The second-order valence-electron chi connectivity index (χ2n) is 4.71. The lowest BCUT2D eigenvalue weighted by Crippen LogP contribution is -2.08. The van der Waals surface area contributed by atoms with E-state index in [1.54, 1.807) is 29.4 Å². The highest BCUT2D eigenvalue weighted by Crippen LogP contribution is 2.36. The van der Waals surface area contributed by atoms with Crippen molar-refractivity contribution in [3.8, 4) is 0 Å². The van der Waals surface area contributed by atoms with Gasteiger partial charge in [-0.15, -0.1) is 10.2 Å². The summed E-state index contributed by atoms with van der Waals surface area (Å²) < 4.78 is 0.921. The highest BCUT2D eigenvalue weighted by Gasteiger charge is 2.17. The number of nitrogens with one attached hydrogen (secondary N) is 1. The van der Waals surface area contributed by atoms with E-state index in [4.69, 9.17) is 0 Å². The summed E-state index contributed by atoms with van der Waals surface area (Å²) in [5, 5.41) is 13.5. The second kappa shape index (κ2) is 6.99. The first-order chi connectivity index (χ1) is 9.61. The zero-order valence-corrected chi connectivity index (χ0v) is 13.8. The van der Waals surface area contributed by atoms with Crippen molar-refractivity contribution in [1.29, 1.82) is 0 Å². The fourth-order valence-corrected chi connectivity index (χ4v) is 3.74. The Morgan fingerprint density at radius 3 is 2.70 bits per heavy atom. The highest BCUT2D eigenvalue weighted by atomic mass is 32.2. The standard InChI is InChI=1S/C13H19N5S2/c1-5-6-14-11-10(8(2)3)12(16-7-15-11)20-13-18-17-9(4)19-13/h7-8H,5-6H2,1-4H3,(H,14,15,16). The first-order valence-corrected chi connectivity index (χ1v) is 8.31. The third kappa shape index (κ3) is 3.67. The Bertz CT molecular complexity index is 568. The molecule has 0 unspecified atom stereocenters. The van der Waals surface area contributed by atoms with E-state index in [-0.39, 0.29) is 0 Å². The van der Waals surface area contributed by atoms with Gasteiger partial charge in [0.05, 0.1) is 0 Å². The molecule has 0 amide bonds. The van der Waals surface area contributed by atoms with Crippen LogP contribution < -0.4 is 5.32 Å². The van der Waals surface area contributed by atoms with Gasteiger partial charge in [-0.25, -0.2) is 9.97 Å². The van der Waals surface area contributed by atoms with Crippen molar-refractivity contribution in [2.45, 2.75) is 49.4 Å². The molecule has 0 spiro atoms. The van der Waals surface area contributed by atoms with Crippen molar-refractivity contribution in [1.82, 2.24) is 20.2 Å². The van der Waals surface area contributed by atoms with E-state index >= 15 is 0 Å². The zero-order chi connectivity index (χ0) is 14.5. The smallest absolute Gasteiger partial charge is 0.180 e. The van der Waals surface area contributed by atoms with Crippen LogP contribution in [0.3, 0.4) is 0 Å².